The highest BCUT2D eigenvalue weighted by atomic mass is 32.1. The van der Waals surface area contributed by atoms with Gasteiger partial charge in [-0.15, -0.1) is 0 Å². The molecule has 9 nitrogen and oxygen atoms in total. The van der Waals surface area contributed by atoms with E-state index in [4.69, 9.17) is 17.0 Å². The first-order chi connectivity index (χ1) is 11.9. The van der Waals surface area contributed by atoms with Gasteiger partial charge in [-0.3, -0.25) is 15.2 Å². The molecule has 134 valence electrons. The van der Waals surface area contributed by atoms with Crippen LogP contribution in [0.15, 0.2) is 17.2 Å². The maximum absolute atomic E-state index is 11.0. The van der Waals surface area contributed by atoms with Gasteiger partial charge in [0.15, 0.2) is 17.3 Å². The molecule has 0 aliphatic heterocycles. The Morgan fingerprint density at radius 1 is 1.52 bits per heavy atom. The zero-order chi connectivity index (χ0) is 18.6. The molecule has 0 amide bonds. The van der Waals surface area contributed by atoms with E-state index in [0.717, 1.165) is 18.9 Å². The maximum Gasteiger partial charge on any atom is 0.274 e. The predicted molar refractivity (Wildman–Crippen MR) is 95.0 cm³/mol. The third-order valence-electron chi connectivity index (χ3n) is 3.86. The van der Waals surface area contributed by atoms with E-state index < -0.39 is 4.92 Å². The number of nitrogens with one attached hydrogen (secondary N) is 1. The first-order valence-corrected chi connectivity index (χ1v) is 8.10. The van der Waals surface area contributed by atoms with Crippen molar-refractivity contribution in [3.05, 3.63) is 38.4 Å². The summed E-state index contributed by atoms with van der Waals surface area (Å²) in [5.41, 5.74) is -0.0725. The number of phenols is 1. The SMILES string of the molecule is CCC(CC)c1n[nH]c(=S)n1/N=C\c1cc([N+](=O)[O-])cc(OC)c1O. The van der Waals surface area contributed by atoms with Crippen LogP contribution < -0.4 is 4.74 Å². The standard InChI is InChI=1S/C15H19N5O4S/c1-4-9(5-2)14-17-18-15(25)19(14)16-8-10-6-11(20(22)23)7-12(24-3)13(10)21/h6-9,21H,4-5H2,1-3H3,(H,18,25)/b16-8-. The third kappa shape index (κ3) is 3.85. The lowest BCUT2D eigenvalue weighted by molar-refractivity contribution is -0.385. The normalized spacial score (nSPS) is 11.4. The zero-order valence-corrected chi connectivity index (χ0v) is 14.9. The Labute approximate surface area is 149 Å². The highest BCUT2D eigenvalue weighted by molar-refractivity contribution is 7.71. The van der Waals surface area contributed by atoms with E-state index in [-0.39, 0.29) is 28.7 Å². The van der Waals surface area contributed by atoms with Crippen LogP contribution in [0.3, 0.4) is 0 Å². The summed E-state index contributed by atoms with van der Waals surface area (Å²) in [6.07, 6.45) is 3.02. The van der Waals surface area contributed by atoms with E-state index in [9.17, 15) is 15.2 Å². The van der Waals surface area contributed by atoms with Crippen molar-refractivity contribution in [2.75, 3.05) is 7.11 Å². The van der Waals surface area contributed by atoms with Gasteiger partial charge in [-0.05, 0) is 25.1 Å². The predicted octanol–water partition coefficient (Wildman–Crippen LogP) is 3.35. The van der Waals surface area contributed by atoms with Crippen molar-refractivity contribution in [3.63, 3.8) is 0 Å². The summed E-state index contributed by atoms with van der Waals surface area (Å²) in [5.74, 6) is 0.587. The molecule has 25 heavy (non-hydrogen) atoms. The van der Waals surface area contributed by atoms with E-state index in [0.29, 0.717) is 10.6 Å². The number of H-pyrrole nitrogens is 1. The van der Waals surface area contributed by atoms with Crippen molar-refractivity contribution >= 4 is 24.1 Å². The highest BCUT2D eigenvalue weighted by Gasteiger charge is 2.17. The van der Waals surface area contributed by atoms with Gasteiger partial charge in [-0.2, -0.15) is 14.9 Å². The average Bonchev–Trinajstić information content (AvgIpc) is 2.95. The third-order valence-corrected chi connectivity index (χ3v) is 4.12. The number of aromatic nitrogens is 3. The van der Waals surface area contributed by atoms with Gasteiger partial charge >= 0.3 is 0 Å². The lowest BCUT2D eigenvalue weighted by atomic mass is 10.0. The van der Waals surface area contributed by atoms with Gasteiger partial charge in [-0.1, -0.05) is 13.8 Å². The summed E-state index contributed by atoms with van der Waals surface area (Å²) in [5, 5.41) is 32.3. The molecule has 0 atom stereocenters. The van der Waals surface area contributed by atoms with Gasteiger partial charge < -0.3 is 9.84 Å². The summed E-state index contributed by atoms with van der Waals surface area (Å²) in [7, 11) is 1.32. The Hall–Kier alpha value is -2.75. The summed E-state index contributed by atoms with van der Waals surface area (Å²) in [4.78, 5) is 10.5. The number of hydrogen-bond acceptors (Lipinski definition) is 7. The fraction of sp³-hybridized carbons (Fsp3) is 0.400. The molecule has 0 saturated heterocycles. The number of rotatable bonds is 7. The Kier molecular flexibility index (Phi) is 5.86. The molecular weight excluding hydrogens is 346 g/mol. The monoisotopic (exact) mass is 365 g/mol. The number of nitro groups is 1. The molecule has 0 spiro atoms. The summed E-state index contributed by atoms with van der Waals surface area (Å²) in [6.45, 7) is 4.08. The van der Waals surface area contributed by atoms with Gasteiger partial charge in [0, 0.05) is 17.5 Å². The maximum atomic E-state index is 11.0. The van der Waals surface area contributed by atoms with E-state index >= 15 is 0 Å². The molecular formula is C15H19N5O4S. The molecule has 0 radical (unpaired) electrons. The topological polar surface area (TPSA) is 119 Å². The van der Waals surface area contributed by atoms with Crippen molar-refractivity contribution < 1.29 is 14.8 Å². The lowest BCUT2D eigenvalue weighted by Crippen LogP contribution is -2.05. The number of phenolic OH excluding ortho intramolecular Hbond substituents is 1. The van der Waals surface area contributed by atoms with E-state index in [2.05, 4.69) is 15.3 Å². The van der Waals surface area contributed by atoms with Crippen LogP contribution in [0.4, 0.5) is 5.69 Å². The molecule has 0 aliphatic rings. The Morgan fingerprint density at radius 2 is 2.20 bits per heavy atom. The van der Waals surface area contributed by atoms with Crippen LogP contribution in [0.1, 0.15) is 44.0 Å². The fourth-order valence-electron chi connectivity index (χ4n) is 2.43. The first-order valence-electron chi connectivity index (χ1n) is 7.69. The van der Waals surface area contributed by atoms with Crippen molar-refractivity contribution in [1.82, 2.24) is 14.9 Å². The minimum atomic E-state index is -0.571. The van der Waals surface area contributed by atoms with Gasteiger partial charge in [-0.25, -0.2) is 0 Å². The smallest absolute Gasteiger partial charge is 0.274 e. The summed E-state index contributed by atoms with van der Waals surface area (Å²) >= 11 is 5.19. The lowest BCUT2D eigenvalue weighted by Gasteiger charge is -2.10. The number of aromatic hydroxyl groups is 1. The second-order valence-corrected chi connectivity index (χ2v) is 5.69. The van der Waals surface area contributed by atoms with Gasteiger partial charge in [0.25, 0.3) is 5.69 Å². The van der Waals surface area contributed by atoms with Crippen LogP contribution >= 0.6 is 12.2 Å². The van der Waals surface area contributed by atoms with Crippen LogP contribution in [0.2, 0.25) is 0 Å². The number of nitrogens with zero attached hydrogens (tertiary/aromatic N) is 4. The minimum absolute atomic E-state index is 0.00773. The number of aromatic amines is 1. The van der Waals surface area contributed by atoms with Gasteiger partial charge in [0.2, 0.25) is 4.77 Å². The summed E-state index contributed by atoms with van der Waals surface area (Å²) in [6, 6.07) is 2.35. The van der Waals surface area contributed by atoms with Crippen LogP contribution in [-0.4, -0.2) is 38.2 Å². The Balaban J connectivity index is 2.50. The average molecular weight is 365 g/mol. The second kappa shape index (κ2) is 7.88. The molecule has 0 aliphatic carbocycles. The number of non-ortho nitro benzene ring substituents is 1. The van der Waals surface area contributed by atoms with E-state index in [1.807, 2.05) is 13.8 Å². The number of methoxy groups -OCH3 is 1. The van der Waals surface area contributed by atoms with Crippen LogP contribution in [0.5, 0.6) is 11.5 Å². The molecule has 0 bridgehead atoms. The highest BCUT2D eigenvalue weighted by Crippen LogP contribution is 2.33. The summed E-state index contributed by atoms with van der Waals surface area (Å²) < 4.78 is 6.73. The van der Waals surface area contributed by atoms with E-state index in [1.54, 1.807) is 0 Å². The molecule has 0 saturated carbocycles. The number of ether oxygens (including phenoxy) is 1. The van der Waals surface area contributed by atoms with Crippen molar-refractivity contribution in [3.8, 4) is 11.5 Å². The van der Waals surface area contributed by atoms with Crippen molar-refractivity contribution in [1.29, 1.82) is 0 Å². The zero-order valence-electron chi connectivity index (χ0n) is 14.1. The van der Waals surface area contributed by atoms with E-state index in [1.165, 1.54) is 24.1 Å². The molecule has 2 aromatic rings. The molecule has 1 aromatic heterocycles. The molecule has 1 aromatic carbocycles. The number of hydrogen-bond donors (Lipinski definition) is 2. The minimum Gasteiger partial charge on any atom is -0.504 e. The van der Waals surface area contributed by atoms with Crippen molar-refractivity contribution in [2.24, 2.45) is 5.10 Å². The fourth-order valence-corrected chi connectivity index (χ4v) is 2.61. The number of benzene rings is 1. The largest absolute Gasteiger partial charge is 0.504 e. The van der Waals surface area contributed by atoms with Crippen molar-refractivity contribution in [2.45, 2.75) is 32.6 Å². The first kappa shape index (κ1) is 18.6. The molecule has 0 fully saturated rings. The van der Waals surface area contributed by atoms with Crippen LogP contribution in [0, 0.1) is 14.9 Å². The molecule has 0 unspecified atom stereocenters. The van der Waals surface area contributed by atoms with Crippen LogP contribution in [0.25, 0.3) is 0 Å². The molecule has 2 rings (SSSR count). The molecule has 2 N–H and O–H groups in total. The van der Waals surface area contributed by atoms with Gasteiger partial charge in [0.1, 0.15) is 0 Å². The van der Waals surface area contributed by atoms with Gasteiger partial charge in [0.05, 0.1) is 24.3 Å². The molecule has 1 heterocycles. The Morgan fingerprint density at radius 3 is 2.76 bits per heavy atom. The van der Waals surface area contributed by atoms with Crippen LogP contribution in [-0.2, 0) is 0 Å². The Bertz CT molecular complexity index is 854. The second-order valence-electron chi connectivity index (χ2n) is 5.30. The quantitative estimate of drug-likeness (QED) is 0.336. The molecule has 10 heteroatoms. The number of nitro benzene ring substituents is 1.